The van der Waals surface area contributed by atoms with Gasteiger partial charge in [0, 0.05) is 62.1 Å². The third-order valence-corrected chi connectivity index (χ3v) is 7.75. The zero-order valence-corrected chi connectivity index (χ0v) is 23.1. The van der Waals surface area contributed by atoms with Gasteiger partial charge >= 0.3 is 0 Å². The van der Waals surface area contributed by atoms with Gasteiger partial charge < -0.3 is 14.5 Å². The van der Waals surface area contributed by atoms with Crippen molar-refractivity contribution in [1.82, 2.24) is 24.0 Å². The van der Waals surface area contributed by atoms with Crippen LogP contribution in [0.25, 0.3) is 5.69 Å². The van der Waals surface area contributed by atoms with Crippen molar-refractivity contribution in [3.63, 3.8) is 0 Å². The number of rotatable bonds is 7. The molecule has 3 heterocycles. The van der Waals surface area contributed by atoms with E-state index in [1.165, 1.54) is 17.1 Å². The average Bonchev–Trinajstić information content (AvgIpc) is 3.63. The summed E-state index contributed by atoms with van der Waals surface area (Å²) in [4.78, 5) is 22.2. The molecule has 0 saturated carbocycles. The second-order valence-corrected chi connectivity index (χ2v) is 10.6. The van der Waals surface area contributed by atoms with Crippen LogP contribution in [-0.4, -0.2) is 56.1 Å². The molecule has 0 spiro atoms. The van der Waals surface area contributed by atoms with Gasteiger partial charge in [0.15, 0.2) is 0 Å². The van der Waals surface area contributed by atoms with E-state index in [9.17, 15) is 4.79 Å². The average molecular weight is 551 g/mol. The molecule has 40 heavy (non-hydrogen) atoms. The van der Waals surface area contributed by atoms with E-state index in [0.29, 0.717) is 18.5 Å². The SMILES string of the molecule is Cc1ccc(Oc2ccc(Cc3nsc(N4CCCN(C(=O)c5ccc(-n6cccn6)cc5)CC4)n3)cc2)cc1. The lowest BCUT2D eigenvalue weighted by molar-refractivity contribution is 0.0767. The van der Waals surface area contributed by atoms with Crippen LogP contribution in [-0.2, 0) is 6.42 Å². The number of carbonyl (C=O) groups is 1. The summed E-state index contributed by atoms with van der Waals surface area (Å²) in [5, 5.41) is 5.16. The van der Waals surface area contributed by atoms with Crippen molar-refractivity contribution >= 4 is 22.6 Å². The maximum atomic E-state index is 13.2. The van der Waals surface area contributed by atoms with E-state index in [-0.39, 0.29) is 5.91 Å². The van der Waals surface area contributed by atoms with Crippen LogP contribution in [0.15, 0.2) is 91.3 Å². The van der Waals surface area contributed by atoms with Crippen LogP contribution in [0.5, 0.6) is 11.5 Å². The number of aromatic nitrogens is 4. The Labute approximate surface area is 237 Å². The van der Waals surface area contributed by atoms with Crippen LogP contribution < -0.4 is 9.64 Å². The summed E-state index contributed by atoms with van der Waals surface area (Å²) in [7, 11) is 0. The van der Waals surface area contributed by atoms with E-state index < -0.39 is 0 Å². The standard InChI is InChI=1S/C31H30N6O2S/c1-23-4-12-27(13-5-23)39-28-14-6-24(7-15-28)22-29-33-31(40-34-29)36-18-3-17-35(20-21-36)30(38)25-8-10-26(11-9-25)37-19-2-16-32-37/h2,4-16,19H,3,17-18,20-22H2,1H3. The Morgan fingerprint density at radius 3 is 2.38 bits per heavy atom. The smallest absolute Gasteiger partial charge is 0.253 e. The molecule has 0 N–H and O–H groups in total. The second-order valence-electron chi connectivity index (χ2n) is 9.86. The minimum absolute atomic E-state index is 0.0571. The molecule has 0 unspecified atom stereocenters. The number of aryl methyl sites for hydroxylation is 1. The van der Waals surface area contributed by atoms with Crippen LogP contribution in [0.2, 0.25) is 0 Å². The van der Waals surface area contributed by atoms with Crippen molar-refractivity contribution in [2.45, 2.75) is 19.8 Å². The minimum atomic E-state index is 0.0571. The first-order valence-electron chi connectivity index (χ1n) is 13.4. The molecule has 6 rings (SSSR count). The highest BCUT2D eigenvalue weighted by Crippen LogP contribution is 2.24. The summed E-state index contributed by atoms with van der Waals surface area (Å²) in [5.74, 6) is 2.49. The van der Waals surface area contributed by atoms with E-state index in [0.717, 1.165) is 59.8 Å². The third kappa shape index (κ3) is 6.05. The lowest BCUT2D eigenvalue weighted by atomic mass is 10.1. The topological polar surface area (TPSA) is 76.4 Å². The van der Waals surface area contributed by atoms with Gasteiger partial charge in [-0.1, -0.05) is 29.8 Å². The summed E-state index contributed by atoms with van der Waals surface area (Å²) < 4.78 is 12.3. The molecular weight excluding hydrogens is 520 g/mol. The number of benzene rings is 3. The number of hydrogen-bond donors (Lipinski definition) is 0. The molecule has 8 nitrogen and oxygen atoms in total. The molecule has 3 aromatic carbocycles. The fourth-order valence-electron chi connectivity index (χ4n) is 4.72. The van der Waals surface area contributed by atoms with E-state index in [2.05, 4.69) is 33.4 Å². The van der Waals surface area contributed by atoms with Crippen LogP contribution in [0.1, 0.15) is 33.7 Å². The molecule has 1 aliphatic heterocycles. The number of hydrogen-bond acceptors (Lipinski definition) is 7. The van der Waals surface area contributed by atoms with Crippen LogP contribution in [0.3, 0.4) is 0 Å². The monoisotopic (exact) mass is 550 g/mol. The first-order valence-corrected chi connectivity index (χ1v) is 14.2. The van der Waals surface area contributed by atoms with Gasteiger partial charge in [0.1, 0.15) is 17.3 Å². The molecule has 5 aromatic rings. The van der Waals surface area contributed by atoms with E-state index in [4.69, 9.17) is 9.72 Å². The van der Waals surface area contributed by atoms with Gasteiger partial charge in [-0.2, -0.15) is 9.47 Å². The lowest BCUT2D eigenvalue weighted by Crippen LogP contribution is -2.35. The molecule has 0 radical (unpaired) electrons. The summed E-state index contributed by atoms with van der Waals surface area (Å²) in [6, 6.07) is 25.6. The predicted octanol–water partition coefficient (Wildman–Crippen LogP) is 5.77. The molecule has 1 saturated heterocycles. The molecule has 202 valence electrons. The first-order chi connectivity index (χ1) is 19.6. The van der Waals surface area contributed by atoms with Crippen molar-refractivity contribution in [2.75, 3.05) is 31.1 Å². The number of ether oxygens (including phenoxy) is 1. The van der Waals surface area contributed by atoms with Gasteiger partial charge in [-0.15, -0.1) is 0 Å². The van der Waals surface area contributed by atoms with Crippen LogP contribution in [0, 0.1) is 6.92 Å². The Morgan fingerprint density at radius 2 is 1.65 bits per heavy atom. The molecule has 0 aliphatic carbocycles. The van der Waals surface area contributed by atoms with Gasteiger partial charge in [-0.25, -0.2) is 9.67 Å². The fraction of sp³-hybridized carbons (Fsp3) is 0.226. The zero-order chi connectivity index (χ0) is 27.3. The molecular formula is C31H30N6O2S. The molecule has 9 heteroatoms. The van der Waals surface area contributed by atoms with Crippen molar-refractivity contribution in [3.8, 4) is 17.2 Å². The first kappa shape index (κ1) is 25.8. The highest BCUT2D eigenvalue weighted by Gasteiger charge is 2.22. The van der Waals surface area contributed by atoms with E-state index in [1.54, 1.807) is 10.9 Å². The number of anilines is 1. The minimum Gasteiger partial charge on any atom is -0.457 e. The molecule has 1 amide bonds. The summed E-state index contributed by atoms with van der Waals surface area (Å²) in [5.41, 5.74) is 3.96. The quantitative estimate of drug-likeness (QED) is 0.256. The highest BCUT2D eigenvalue weighted by atomic mass is 32.1. The van der Waals surface area contributed by atoms with Crippen molar-refractivity contribution in [2.24, 2.45) is 0 Å². The van der Waals surface area contributed by atoms with Crippen molar-refractivity contribution in [3.05, 3.63) is 114 Å². The van der Waals surface area contributed by atoms with Gasteiger partial charge in [-0.05, 0) is 73.5 Å². The van der Waals surface area contributed by atoms with E-state index in [1.807, 2.05) is 77.8 Å². The normalized spacial score (nSPS) is 13.7. The summed E-state index contributed by atoms with van der Waals surface area (Å²) >= 11 is 1.43. The Morgan fingerprint density at radius 1 is 0.900 bits per heavy atom. The summed E-state index contributed by atoms with van der Waals surface area (Å²) in [6.45, 7) is 5.01. The van der Waals surface area contributed by atoms with Gasteiger partial charge in [0.05, 0.1) is 5.69 Å². The van der Waals surface area contributed by atoms with Gasteiger partial charge in [0.25, 0.3) is 5.91 Å². The van der Waals surface area contributed by atoms with E-state index >= 15 is 0 Å². The van der Waals surface area contributed by atoms with Crippen LogP contribution in [0.4, 0.5) is 5.13 Å². The molecule has 1 aliphatic rings. The Hall–Kier alpha value is -4.50. The lowest BCUT2D eigenvalue weighted by Gasteiger charge is -2.21. The number of nitrogens with zero attached hydrogens (tertiary/aromatic N) is 6. The predicted molar refractivity (Wildman–Crippen MR) is 157 cm³/mol. The fourth-order valence-corrected chi connectivity index (χ4v) is 5.45. The van der Waals surface area contributed by atoms with Crippen LogP contribution >= 0.6 is 11.5 Å². The Balaban J connectivity index is 1.03. The van der Waals surface area contributed by atoms with Crippen molar-refractivity contribution < 1.29 is 9.53 Å². The Bertz CT molecular complexity index is 1550. The van der Waals surface area contributed by atoms with Crippen molar-refractivity contribution in [1.29, 1.82) is 0 Å². The summed E-state index contributed by atoms with van der Waals surface area (Å²) in [6.07, 6.45) is 5.17. The molecule has 2 aromatic heterocycles. The zero-order valence-electron chi connectivity index (χ0n) is 22.3. The third-order valence-electron chi connectivity index (χ3n) is 6.94. The maximum absolute atomic E-state index is 13.2. The second kappa shape index (κ2) is 11.7. The highest BCUT2D eigenvalue weighted by molar-refractivity contribution is 7.09. The van der Waals surface area contributed by atoms with Gasteiger partial charge in [-0.3, -0.25) is 4.79 Å². The largest absolute Gasteiger partial charge is 0.457 e. The molecule has 0 atom stereocenters. The molecule has 0 bridgehead atoms. The number of carbonyl (C=O) groups excluding carboxylic acids is 1. The maximum Gasteiger partial charge on any atom is 0.253 e. The van der Waals surface area contributed by atoms with Gasteiger partial charge in [0.2, 0.25) is 5.13 Å². The Kier molecular flexibility index (Phi) is 7.54. The number of amides is 1. The molecule has 1 fully saturated rings.